The molecule has 4 nitrogen and oxygen atoms in total. The Morgan fingerprint density at radius 2 is 1.95 bits per heavy atom. The van der Waals surface area contributed by atoms with Crippen molar-refractivity contribution in [3.8, 4) is 11.4 Å². The summed E-state index contributed by atoms with van der Waals surface area (Å²) in [4.78, 5) is 13.7. The maximum absolute atomic E-state index is 4.69. The maximum atomic E-state index is 4.69. The van der Waals surface area contributed by atoms with Crippen LogP contribution in [-0.4, -0.2) is 21.5 Å². The topological polar surface area (TPSA) is 50.7 Å². The summed E-state index contributed by atoms with van der Waals surface area (Å²) < 4.78 is 0.974. The van der Waals surface area contributed by atoms with Crippen LogP contribution in [0.1, 0.15) is 38.1 Å². The largest absolute Gasteiger partial charge is 0.369 e. The van der Waals surface area contributed by atoms with Crippen LogP contribution in [-0.2, 0) is 6.42 Å². The van der Waals surface area contributed by atoms with Gasteiger partial charge in [-0.2, -0.15) is 0 Å². The van der Waals surface area contributed by atoms with E-state index in [-0.39, 0.29) is 0 Å². The number of anilines is 1. The van der Waals surface area contributed by atoms with Gasteiger partial charge in [-0.1, -0.05) is 20.3 Å². The smallest absolute Gasteiger partial charge is 0.163 e. The number of aryl methyl sites for hydroxylation is 2. The van der Waals surface area contributed by atoms with Gasteiger partial charge >= 0.3 is 0 Å². The Bertz CT molecular complexity index is 596. The Morgan fingerprint density at radius 3 is 2.57 bits per heavy atom. The van der Waals surface area contributed by atoms with E-state index in [9.17, 15) is 0 Å². The van der Waals surface area contributed by atoms with Crippen molar-refractivity contribution in [2.45, 2.75) is 40.0 Å². The number of pyridine rings is 1. The molecule has 2 aromatic heterocycles. The van der Waals surface area contributed by atoms with Crippen LogP contribution in [0.2, 0.25) is 0 Å². The third kappa shape index (κ3) is 4.00. The van der Waals surface area contributed by atoms with Crippen LogP contribution in [0.5, 0.6) is 0 Å². The van der Waals surface area contributed by atoms with Crippen LogP contribution in [0.3, 0.4) is 0 Å². The van der Waals surface area contributed by atoms with E-state index in [0.29, 0.717) is 0 Å². The molecule has 2 heterocycles. The molecule has 2 rings (SSSR count). The first-order valence-electron chi connectivity index (χ1n) is 7.39. The zero-order valence-corrected chi connectivity index (χ0v) is 14.4. The molecule has 0 unspecified atom stereocenters. The molecule has 0 fully saturated rings. The van der Waals surface area contributed by atoms with Gasteiger partial charge in [0.25, 0.3) is 0 Å². The summed E-state index contributed by atoms with van der Waals surface area (Å²) in [6.45, 7) is 7.16. The molecule has 0 aromatic carbocycles. The molecule has 0 atom stereocenters. The molecule has 21 heavy (non-hydrogen) atoms. The molecule has 0 aliphatic carbocycles. The molecule has 112 valence electrons. The lowest BCUT2D eigenvalue weighted by atomic mass is 10.2. The van der Waals surface area contributed by atoms with Crippen molar-refractivity contribution in [3.63, 3.8) is 0 Å². The lowest BCUT2D eigenvalue weighted by molar-refractivity contribution is 0.864. The molecule has 0 aliphatic rings. The minimum Gasteiger partial charge on any atom is -0.369 e. The highest BCUT2D eigenvalue weighted by atomic mass is 79.9. The molecular weight excluding hydrogens is 328 g/mol. The van der Waals surface area contributed by atoms with Crippen molar-refractivity contribution in [2.75, 3.05) is 11.9 Å². The van der Waals surface area contributed by atoms with Crippen LogP contribution in [0, 0.1) is 6.92 Å². The van der Waals surface area contributed by atoms with E-state index in [1.807, 2.05) is 25.3 Å². The SMILES string of the molecule is CCCNc1nc(-c2ccc(C)nc2)nc(CCC)c1Br. The zero-order chi connectivity index (χ0) is 15.2. The van der Waals surface area contributed by atoms with Gasteiger partial charge in [0.1, 0.15) is 5.82 Å². The van der Waals surface area contributed by atoms with Crippen LogP contribution >= 0.6 is 15.9 Å². The molecule has 2 aromatic rings. The van der Waals surface area contributed by atoms with Crippen LogP contribution in [0.25, 0.3) is 11.4 Å². The minimum absolute atomic E-state index is 0.729. The highest BCUT2D eigenvalue weighted by molar-refractivity contribution is 9.10. The molecule has 0 aliphatic heterocycles. The van der Waals surface area contributed by atoms with Gasteiger partial charge in [0.05, 0.1) is 10.2 Å². The second-order valence-corrected chi connectivity index (χ2v) is 5.81. The van der Waals surface area contributed by atoms with Gasteiger partial charge in [-0.05, 0) is 47.8 Å². The average Bonchev–Trinajstić information content (AvgIpc) is 2.49. The first-order chi connectivity index (χ1) is 10.2. The van der Waals surface area contributed by atoms with E-state index >= 15 is 0 Å². The van der Waals surface area contributed by atoms with Crippen molar-refractivity contribution in [3.05, 3.63) is 34.2 Å². The normalized spacial score (nSPS) is 10.7. The summed E-state index contributed by atoms with van der Waals surface area (Å²) in [6.07, 6.45) is 4.86. The summed E-state index contributed by atoms with van der Waals surface area (Å²) in [5, 5.41) is 3.36. The standard InChI is InChI=1S/C16H21BrN4/c1-4-6-13-14(17)16(18-9-5-2)21-15(20-13)12-8-7-11(3)19-10-12/h7-8,10H,4-6,9H2,1-3H3,(H,18,20,21). The lowest BCUT2D eigenvalue weighted by Gasteiger charge is -2.12. The number of hydrogen-bond acceptors (Lipinski definition) is 4. The third-order valence-electron chi connectivity index (χ3n) is 3.12. The third-order valence-corrected chi connectivity index (χ3v) is 3.95. The van der Waals surface area contributed by atoms with E-state index in [1.54, 1.807) is 0 Å². The quantitative estimate of drug-likeness (QED) is 0.841. The van der Waals surface area contributed by atoms with Crippen molar-refractivity contribution in [1.29, 1.82) is 0 Å². The predicted molar refractivity (Wildman–Crippen MR) is 90.5 cm³/mol. The number of nitrogens with one attached hydrogen (secondary N) is 1. The first-order valence-corrected chi connectivity index (χ1v) is 8.18. The maximum Gasteiger partial charge on any atom is 0.163 e. The summed E-state index contributed by atoms with van der Waals surface area (Å²) in [5.74, 6) is 1.60. The van der Waals surface area contributed by atoms with Gasteiger partial charge in [0.2, 0.25) is 0 Å². The van der Waals surface area contributed by atoms with E-state index < -0.39 is 0 Å². The second-order valence-electron chi connectivity index (χ2n) is 5.02. The summed E-state index contributed by atoms with van der Waals surface area (Å²) in [6, 6.07) is 4.00. The Morgan fingerprint density at radius 1 is 1.14 bits per heavy atom. The number of hydrogen-bond donors (Lipinski definition) is 1. The molecular formula is C16H21BrN4. The van der Waals surface area contributed by atoms with Gasteiger partial charge in [-0.25, -0.2) is 9.97 Å². The Hall–Kier alpha value is -1.49. The molecule has 0 saturated heterocycles. The second kappa shape index (κ2) is 7.50. The molecule has 0 amide bonds. The number of rotatable bonds is 6. The molecule has 0 radical (unpaired) electrons. The fourth-order valence-electron chi connectivity index (χ4n) is 1.99. The average molecular weight is 349 g/mol. The Kier molecular flexibility index (Phi) is 5.67. The lowest BCUT2D eigenvalue weighted by Crippen LogP contribution is -2.07. The highest BCUT2D eigenvalue weighted by Gasteiger charge is 2.13. The van der Waals surface area contributed by atoms with Gasteiger partial charge in [-0.3, -0.25) is 4.98 Å². The van der Waals surface area contributed by atoms with Gasteiger partial charge < -0.3 is 5.32 Å². The van der Waals surface area contributed by atoms with E-state index in [2.05, 4.69) is 45.1 Å². The minimum atomic E-state index is 0.729. The number of aromatic nitrogens is 3. The molecule has 0 spiro atoms. The fraction of sp³-hybridized carbons (Fsp3) is 0.438. The van der Waals surface area contributed by atoms with Gasteiger partial charge in [0, 0.05) is 24.0 Å². The fourth-order valence-corrected chi connectivity index (χ4v) is 2.50. The summed E-state index contributed by atoms with van der Waals surface area (Å²) >= 11 is 3.63. The van der Waals surface area contributed by atoms with E-state index in [0.717, 1.165) is 58.9 Å². The zero-order valence-electron chi connectivity index (χ0n) is 12.8. The Balaban J connectivity index is 2.44. The van der Waals surface area contributed by atoms with Crippen LogP contribution in [0.15, 0.2) is 22.8 Å². The summed E-state index contributed by atoms with van der Waals surface area (Å²) in [7, 11) is 0. The van der Waals surface area contributed by atoms with Crippen molar-refractivity contribution in [1.82, 2.24) is 15.0 Å². The molecule has 0 bridgehead atoms. The van der Waals surface area contributed by atoms with E-state index in [1.165, 1.54) is 0 Å². The predicted octanol–water partition coefficient (Wildman–Crippen LogP) is 4.38. The van der Waals surface area contributed by atoms with Gasteiger partial charge in [0.15, 0.2) is 5.82 Å². The first kappa shape index (κ1) is 15.9. The highest BCUT2D eigenvalue weighted by Crippen LogP contribution is 2.28. The van der Waals surface area contributed by atoms with Crippen molar-refractivity contribution in [2.24, 2.45) is 0 Å². The van der Waals surface area contributed by atoms with Crippen molar-refractivity contribution < 1.29 is 0 Å². The molecule has 0 saturated carbocycles. The van der Waals surface area contributed by atoms with Gasteiger partial charge in [-0.15, -0.1) is 0 Å². The number of nitrogens with zero attached hydrogens (tertiary/aromatic N) is 3. The molecule has 1 N–H and O–H groups in total. The monoisotopic (exact) mass is 348 g/mol. The van der Waals surface area contributed by atoms with Crippen LogP contribution in [0.4, 0.5) is 5.82 Å². The van der Waals surface area contributed by atoms with Crippen molar-refractivity contribution >= 4 is 21.7 Å². The summed E-state index contributed by atoms with van der Waals surface area (Å²) in [5.41, 5.74) is 2.99. The number of halogens is 1. The Labute approximate surface area is 134 Å². The molecule has 5 heteroatoms. The van der Waals surface area contributed by atoms with E-state index in [4.69, 9.17) is 4.98 Å². The van der Waals surface area contributed by atoms with Crippen LogP contribution < -0.4 is 5.32 Å².